The van der Waals surface area contributed by atoms with Crippen LogP contribution in [-0.4, -0.2) is 73.5 Å². The van der Waals surface area contributed by atoms with E-state index in [0.29, 0.717) is 26.2 Å². The Bertz CT molecular complexity index is 382. The van der Waals surface area contributed by atoms with E-state index in [1.54, 1.807) is 6.08 Å². The molecule has 0 aromatic rings. The highest BCUT2D eigenvalue weighted by atomic mass is 35.5. The summed E-state index contributed by atoms with van der Waals surface area (Å²) in [6.07, 6.45) is 4.92. The molecule has 134 valence electrons. The van der Waals surface area contributed by atoms with Crippen molar-refractivity contribution >= 4 is 36.6 Å². The average molecular weight is 367 g/mol. The molecule has 0 radical (unpaired) electrons. The molecule has 8 heteroatoms. The van der Waals surface area contributed by atoms with Crippen LogP contribution in [0.5, 0.6) is 0 Å². The first-order valence-electron chi connectivity index (χ1n) is 7.83. The molecule has 2 fully saturated rings. The fourth-order valence-electron chi connectivity index (χ4n) is 2.85. The van der Waals surface area contributed by atoms with Crippen LogP contribution in [0.15, 0.2) is 12.7 Å². The summed E-state index contributed by atoms with van der Waals surface area (Å²) < 4.78 is 0. The second-order valence-corrected chi connectivity index (χ2v) is 5.70. The van der Waals surface area contributed by atoms with Crippen LogP contribution in [0.2, 0.25) is 0 Å². The highest BCUT2D eigenvalue weighted by molar-refractivity contribution is 5.85. The lowest BCUT2D eigenvalue weighted by Crippen LogP contribution is -2.56. The predicted octanol–water partition coefficient (Wildman–Crippen LogP) is 0.419. The SMILES string of the molecule is C=CCNC(=O)CN1CCN(C(=O)C2CCCCN2)CC1.Cl.Cl. The average Bonchev–Trinajstić information content (AvgIpc) is 2.54. The van der Waals surface area contributed by atoms with Crippen molar-refractivity contribution in [2.24, 2.45) is 0 Å². The molecule has 2 saturated heterocycles. The third-order valence-electron chi connectivity index (χ3n) is 4.10. The van der Waals surface area contributed by atoms with Gasteiger partial charge in [0.2, 0.25) is 11.8 Å². The summed E-state index contributed by atoms with van der Waals surface area (Å²) in [5, 5.41) is 6.08. The van der Waals surface area contributed by atoms with Gasteiger partial charge < -0.3 is 15.5 Å². The molecule has 1 unspecified atom stereocenters. The van der Waals surface area contributed by atoms with E-state index in [2.05, 4.69) is 22.1 Å². The van der Waals surface area contributed by atoms with Gasteiger partial charge in [0.15, 0.2) is 0 Å². The third kappa shape index (κ3) is 7.08. The van der Waals surface area contributed by atoms with Crippen LogP contribution in [0, 0.1) is 0 Å². The number of rotatable bonds is 5. The Morgan fingerprint density at radius 2 is 1.87 bits per heavy atom. The second kappa shape index (κ2) is 11.7. The second-order valence-electron chi connectivity index (χ2n) is 5.70. The third-order valence-corrected chi connectivity index (χ3v) is 4.10. The van der Waals surface area contributed by atoms with Crippen LogP contribution >= 0.6 is 24.8 Å². The summed E-state index contributed by atoms with van der Waals surface area (Å²) in [6.45, 7) is 8.38. The molecule has 0 aromatic heterocycles. The van der Waals surface area contributed by atoms with E-state index in [-0.39, 0.29) is 42.7 Å². The fraction of sp³-hybridized carbons (Fsp3) is 0.733. The van der Waals surface area contributed by atoms with Crippen LogP contribution < -0.4 is 10.6 Å². The van der Waals surface area contributed by atoms with Crippen molar-refractivity contribution in [3.05, 3.63) is 12.7 Å². The molecule has 0 bridgehead atoms. The van der Waals surface area contributed by atoms with Gasteiger partial charge >= 0.3 is 0 Å². The van der Waals surface area contributed by atoms with Gasteiger partial charge in [0.1, 0.15) is 0 Å². The molecule has 2 N–H and O–H groups in total. The number of carbonyl (C=O) groups is 2. The molecule has 2 aliphatic heterocycles. The number of piperidine rings is 1. The molecule has 1 atom stereocenters. The van der Waals surface area contributed by atoms with Crippen molar-refractivity contribution in [3.63, 3.8) is 0 Å². The van der Waals surface area contributed by atoms with Gasteiger partial charge in [0, 0.05) is 32.7 Å². The van der Waals surface area contributed by atoms with Crippen molar-refractivity contribution in [2.75, 3.05) is 45.8 Å². The molecule has 0 saturated carbocycles. The number of nitrogens with one attached hydrogen (secondary N) is 2. The topological polar surface area (TPSA) is 64.7 Å². The van der Waals surface area contributed by atoms with E-state index >= 15 is 0 Å². The number of hydrogen-bond donors (Lipinski definition) is 2. The molecular formula is C15H28Cl2N4O2. The van der Waals surface area contributed by atoms with Crippen LogP contribution in [0.3, 0.4) is 0 Å². The number of amides is 2. The van der Waals surface area contributed by atoms with Gasteiger partial charge in [0.05, 0.1) is 12.6 Å². The summed E-state index contributed by atoms with van der Waals surface area (Å²) in [7, 11) is 0. The largest absolute Gasteiger partial charge is 0.352 e. The van der Waals surface area contributed by atoms with Crippen LogP contribution in [0.1, 0.15) is 19.3 Å². The molecule has 0 aliphatic carbocycles. The van der Waals surface area contributed by atoms with Crippen molar-refractivity contribution in [1.82, 2.24) is 20.4 Å². The van der Waals surface area contributed by atoms with E-state index in [1.165, 1.54) is 0 Å². The summed E-state index contributed by atoms with van der Waals surface area (Å²) in [5.74, 6) is 0.245. The number of halogens is 2. The summed E-state index contributed by atoms with van der Waals surface area (Å²) >= 11 is 0. The van der Waals surface area contributed by atoms with Gasteiger partial charge in [-0.25, -0.2) is 0 Å². The molecule has 0 aromatic carbocycles. The molecule has 2 heterocycles. The lowest BCUT2D eigenvalue weighted by molar-refractivity contribution is -0.136. The van der Waals surface area contributed by atoms with Crippen LogP contribution in [-0.2, 0) is 9.59 Å². The monoisotopic (exact) mass is 366 g/mol. The Labute approximate surface area is 150 Å². The van der Waals surface area contributed by atoms with E-state index < -0.39 is 0 Å². The van der Waals surface area contributed by atoms with Crippen LogP contribution in [0.25, 0.3) is 0 Å². The number of hydrogen-bond acceptors (Lipinski definition) is 4. The Morgan fingerprint density at radius 3 is 2.43 bits per heavy atom. The summed E-state index contributed by atoms with van der Waals surface area (Å²) in [5.41, 5.74) is 0. The quantitative estimate of drug-likeness (QED) is 0.692. The first kappa shape index (κ1) is 22.2. The normalized spacial score (nSPS) is 21.6. The van der Waals surface area contributed by atoms with E-state index in [4.69, 9.17) is 0 Å². The number of piperazine rings is 1. The lowest BCUT2D eigenvalue weighted by Gasteiger charge is -2.37. The predicted molar refractivity (Wildman–Crippen MR) is 96.4 cm³/mol. The van der Waals surface area contributed by atoms with E-state index in [0.717, 1.165) is 38.9 Å². The Hall–Kier alpha value is -0.820. The maximum Gasteiger partial charge on any atom is 0.239 e. The standard InChI is InChI=1S/C15H26N4O2.2ClH/c1-2-6-17-14(20)12-18-8-10-19(11-9-18)15(21)13-5-3-4-7-16-13;;/h2,13,16H,1,3-12H2,(H,17,20);2*1H. The number of nitrogens with zero attached hydrogens (tertiary/aromatic N) is 2. The van der Waals surface area contributed by atoms with Gasteiger partial charge in [-0.05, 0) is 19.4 Å². The minimum Gasteiger partial charge on any atom is -0.352 e. The highest BCUT2D eigenvalue weighted by Crippen LogP contribution is 2.11. The summed E-state index contributed by atoms with van der Waals surface area (Å²) in [4.78, 5) is 28.0. The van der Waals surface area contributed by atoms with Gasteiger partial charge in [-0.2, -0.15) is 0 Å². The molecule has 2 aliphatic rings. The van der Waals surface area contributed by atoms with E-state index in [1.807, 2.05) is 4.90 Å². The molecule has 2 rings (SSSR count). The van der Waals surface area contributed by atoms with Gasteiger partial charge in [-0.1, -0.05) is 12.5 Å². The Morgan fingerprint density at radius 1 is 1.17 bits per heavy atom. The molecule has 2 amide bonds. The van der Waals surface area contributed by atoms with Gasteiger partial charge in [-0.3, -0.25) is 14.5 Å². The minimum atomic E-state index is 0. The zero-order valence-corrected chi connectivity index (χ0v) is 15.1. The van der Waals surface area contributed by atoms with Gasteiger partial charge in [0.25, 0.3) is 0 Å². The lowest BCUT2D eigenvalue weighted by atomic mass is 10.0. The molecule has 0 spiro atoms. The molecule has 6 nitrogen and oxygen atoms in total. The molecular weight excluding hydrogens is 339 g/mol. The Balaban J connectivity index is 0.00000242. The molecule has 23 heavy (non-hydrogen) atoms. The summed E-state index contributed by atoms with van der Waals surface area (Å²) in [6, 6.07) is 0.00110. The fourth-order valence-corrected chi connectivity index (χ4v) is 2.85. The van der Waals surface area contributed by atoms with E-state index in [9.17, 15) is 9.59 Å². The van der Waals surface area contributed by atoms with Gasteiger partial charge in [-0.15, -0.1) is 31.4 Å². The first-order valence-corrected chi connectivity index (χ1v) is 7.83. The highest BCUT2D eigenvalue weighted by Gasteiger charge is 2.28. The zero-order valence-electron chi connectivity index (χ0n) is 13.5. The van der Waals surface area contributed by atoms with Crippen molar-refractivity contribution in [1.29, 1.82) is 0 Å². The minimum absolute atomic E-state index is 0. The number of carbonyl (C=O) groups excluding carboxylic acids is 2. The van der Waals surface area contributed by atoms with Crippen LogP contribution in [0.4, 0.5) is 0 Å². The maximum atomic E-state index is 12.4. The first-order chi connectivity index (χ1) is 10.2. The van der Waals surface area contributed by atoms with Crippen molar-refractivity contribution in [2.45, 2.75) is 25.3 Å². The smallest absolute Gasteiger partial charge is 0.239 e. The Kier molecular flexibility index (Phi) is 11.3. The maximum absolute atomic E-state index is 12.4. The zero-order chi connectivity index (χ0) is 15.1. The van der Waals surface area contributed by atoms with Crippen molar-refractivity contribution < 1.29 is 9.59 Å². The van der Waals surface area contributed by atoms with Crippen molar-refractivity contribution in [3.8, 4) is 0 Å².